The van der Waals surface area contributed by atoms with Gasteiger partial charge >= 0.3 is 0 Å². The standard InChI is InChI=1S/C22H23N3O4/c1-16-12-17(14-25(16)18-4-6-19(27-2)7-5-18)13-23-24-22(26)15-29-21-10-8-20(28-3)9-11-21/h4-14H,15H2,1-3H3,(H,24,26)/b23-13+. The zero-order valence-electron chi connectivity index (χ0n) is 16.6. The quantitative estimate of drug-likeness (QED) is 0.471. The van der Waals surface area contributed by atoms with Crippen LogP contribution in [0.2, 0.25) is 0 Å². The number of nitrogens with one attached hydrogen (secondary N) is 1. The summed E-state index contributed by atoms with van der Waals surface area (Å²) in [5, 5.41) is 4.00. The molecule has 0 aliphatic carbocycles. The molecule has 0 aliphatic rings. The first kappa shape index (κ1) is 20.0. The number of aromatic nitrogens is 1. The van der Waals surface area contributed by atoms with Crippen LogP contribution in [0.15, 0.2) is 65.9 Å². The first-order chi connectivity index (χ1) is 14.1. The lowest BCUT2D eigenvalue weighted by Gasteiger charge is -2.06. The maximum Gasteiger partial charge on any atom is 0.277 e. The number of benzene rings is 2. The van der Waals surface area contributed by atoms with Crippen LogP contribution in [0, 0.1) is 6.92 Å². The van der Waals surface area contributed by atoms with Crippen LogP contribution in [0.5, 0.6) is 17.2 Å². The minimum Gasteiger partial charge on any atom is -0.497 e. The van der Waals surface area contributed by atoms with Crippen molar-refractivity contribution < 1.29 is 19.0 Å². The molecule has 7 nitrogen and oxygen atoms in total. The zero-order valence-corrected chi connectivity index (χ0v) is 16.6. The number of aryl methyl sites for hydroxylation is 1. The Hall–Kier alpha value is -3.74. The number of rotatable bonds is 8. The van der Waals surface area contributed by atoms with Gasteiger partial charge in [0.2, 0.25) is 0 Å². The van der Waals surface area contributed by atoms with E-state index in [1.807, 2.05) is 48.0 Å². The van der Waals surface area contributed by atoms with E-state index in [1.54, 1.807) is 44.7 Å². The molecule has 1 heterocycles. The molecule has 150 valence electrons. The molecule has 0 saturated carbocycles. The summed E-state index contributed by atoms with van der Waals surface area (Å²) in [7, 11) is 3.23. The first-order valence-electron chi connectivity index (χ1n) is 9.01. The average molecular weight is 393 g/mol. The van der Waals surface area contributed by atoms with E-state index in [9.17, 15) is 4.79 Å². The SMILES string of the molecule is COc1ccc(OCC(=O)N/N=C/c2cc(C)n(-c3ccc(OC)cc3)c2)cc1. The van der Waals surface area contributed by atoms with Crippen molar-refractivity contribution in [3.63, 3.8) is 0 Å². The van der Waals surface area contributed by atoms with Crippen LogP contribution in [-0.4, -0.2) is 37.5 Å². The Kier molecular flexibility index (Phi) is 6.52. The number of hydrazone groups is 1. The molecule has 29 heavy (non-hydrogen) atoms. The molecular weight excluding hydrogens is 370 g/mol. The molecule has 1 aromatic heterocycles. The molecule has 0 fully saturated rings. The maximum absolute atomic E-state index is 11.9. The Bertz CT molecular complexity index is 976. The molecule has 1 N–H and O–H groups in total. The second-order valence-electron chi connectivity index (χ2n) is 6.24. The van der Waals surface area contributed by atoms with E-state index in [4.69, 9.17) is 14.2 Å². The average Bonchev–Trinajstić information content (AvgIpc) is 3.13. The van der Waals surface area contributed by atoms with Gasteiger partial charge in [-0.1, -0.05) is 0 Å². The van der Waals surface area contributed by atoms with E-state index in [-0.39, 0.29) is 12.5 Å². The molecule has 0 saturated heterocycles. The van der Waals surface area contributed by atoms with Crippen LogP contribution in [0.1, 0.15) is 11.3 Å². The third-order valence-corrected chi connectivity index (χ3v) is 4.22. The fraction of sp³-hybridized carbons (Fsp3) is 0.182. The topological polar surface area (TPSA) is 74.1 Å². The number of hydrogen-bond acceptors (Lipinski definition) is 5. The zero-order chi connectivity index (χ0) is 20.6. The van der Waals surface area contributed by atoms with E-state index >= 15 is 0 Å². The highest BCUT2D eigenvalue weighted by Gasteiger charge is 2.05. The molecule has 0 aliphatic heterocycles. The lowest BCUT2D eigenvalue weighted by atomic mass is 10.3. The van der Waals surface area contributed by atoms with E-state index in [2.05, 4.69) is 10.5 Å². The van der Waals surface area contributed by atoms with Crippen LogP contribution in [-0.2, 0) is 4.79 Å². The van der Waals surface area contributed by atoms with Crippen LogP contribution < -0.4 is 19.6 Å². The van der Waals surface area contributed by atoms with Gasteiger partial charge in [0.1, 0.15) is 17.2 Å². The summed E-state index contributed by atoms with van der Waals surface area (Å²) in [5.74, 6) is 1.77. The van der Waals surface area contributed by atoms with E-state index in [0.29, 0.717) is 5.75 Å². The third kappa shape index (κ3) is 5.38. The normalized spacial score (nSPS) is 10.7. The summed E-state index contributed by atoms with van der Waals surface area (Å²) in [6.07, 6.45) is 3.54. The van der Waals surface area contributed by atoms with Gasteiger partial charge in [-0.3, -0.25) is 4.79 Å². The van der Waals surface area contributed by atoms with Gasteiger partial charge in [0, 0.05) is 23.1 Å². The maximum atomic E-state index is 11.9. The number of amides is 1. The first-order valence-corrected chi connectivity index (χ1v) is 9.01. The fourth-order valence-corrected chi connectivity index (χ4v) is 2.72. The highest BCUT2D eigenvalue weighted by atomic mass is 16.5. The monoisotopic (exact) mass is 393 g/mol. The van der Waals surface area contributed by atoms with Crippen molar-refractivity contribution in [3.05, 3.63) is 72.1 Å². The van der Waals surface area contributed by atoms with Gasteiger partial charge in [0.15, 0.2) is 6.61 Å². The Morgan fingerprint density at radius 1 is 1.00 bits per heavy atom. The molecule has 0 spiro atoms. The van der Waals surface area contributed by atoms with Crippen LogP contribution >= 0.6 is 0 Å². The molecule has 2 aromatic carbocycles. The minimum absolute atomic E-state index is 0.129. The van der Waals surface area contributed by atoms with E-state index in [0.717, 1.165) is 28.4 Å². The van der Waals surface area contributed by atoms with Gasteiger partial charge in [-0.15, -0.1) is 0 Å². The molecule has 1 amide bonds. The van der Waals surface area contributed by atoms with Crippen molar-refractivity contribution in [2.75, 3.05) is 20.8 Å². The van der Waals surface area contributed by atoms with Crippen molar-refractivity contribution in [1.29, 1.82) is 0 Å². The van der Waals surface area contributed by atoms with Gasteiger partial charge in [-0.05, 0) is 61.5 Å². The number of hydrogen-bond donors (Lipinski definition) is 1. The third-order valence-electron chi connectivity index (χ3n) is 4.22. The van der Waals surface area contributed by atoms with Crippen molar-refractivity contribution in [2.24, 2.45) is 5.10 Å². The smallest absolute Gasteiger partial charge is 0.277 e. The summed E-state index contributed by atoms with van der Waals surface area (Å²) < 4.78 is 17.7. The second kappa shape index (κ2) is 9.45. The Morgan fingerprint density at radius 2 is 1.59 bits per heavy atom. The highest BCUT2D eigenvalue weighted by molar-refractivity contribution is 5.83. The van der Waals surface area contributed by atoms with E-state index < -0.39 is 0 Å². The van der Waals surface area contributed by atoms with Gasteiger partial charge in [-0.25, -0.2) is 5.43 Å². The lowest BCUT2D eigenvalue weighted by molar-refractivity contribution is -0.123. The summed E-state index contributed by atoms with van der Waals surface area (Å²) in [6, 6.07) is 16.8. The molecular formula is C22H23N3O4. The Morgan fingerprint density at radius 3 is 2.21 bits per heavy atom. The number of carbonyl (C=O) groups excluding carboxylic acids is 1. The molecule has 0 bridgehead atoms. The van der Waals surface area contributed by atoms with Crippen LogP contribution in [0.25, 0.3) is 5.69 Å². The minimum atomic E-state index is -0.344. The largest absolute Gasteiger partial charge is 0.497 e. The number of nitrogens with zero attached hydrogens (tertiary/aromatic N) is 2. The van der Waals surface area contributed by atoms with Crippen molar-refractivity contribution in [1.82, 2.24) is 9.99 Å². The highest BCUT2D eigenvalue weighted by Crippen LogP contribution is 2.18. The predicted octanol–water partition coefficient (Wildman–Crippen LogP) is 3.33. The molecule has 0 atom stereocenters. The Labute approximate surface area is 169 Å². The fourth-order valence-electron chi connectivity index (χ4n) is 2.72. The predicted molar refractivity (Wildman–Crippen MR) is 111 cm³/mol. The number of carbonyl (C=O) groups is 1. The second-order valence-corrected chi connectivity index (χ2v) is 6.24. The van der Waals surface area contributed by atoms with E-state index in [1.165, 1.54) is 0 Å². The van der Waals surface area contributed by atoms with Crippen LogP contribution in [0.3, 0.4) is 0 Å². The van der Waals surface area contributed by atoms with Crippen LogP contribution in [0.4, 0.5) is 0 Å². The summed E-state index contributed by atoms with van der Waals surface area (Å²) in [6.45, 7) is 1.87. The summed E-state index contributed by atoms with van der Waals surface area (Å²) in [5.41, 5.74) is 5.39. The van der Waals surface area contributed by atoms with Gasteiger partial charge in [0.05, 0.1) is 20.4 Å². The number of methoxy groups -OCH3 is 2. The number of ether oxygens (including phenoxy) is 3. The van der Waals surface area contributed by atoms with Gasteiger partial charge in [0.25, 0.3) is 5.91 Å². The lowest BCUT2D eigenvalue weighted by Crippen LogP contribution is -2.24. The molecule has 7 heteroatoms. The summed E-state index contributed by atoms with van der Waals surface area (Å²) in [4.78, 5) is 11.9. The molecule has 0 radical (unpaired) electrons. The Balaban J connectivity index is 1.53. The van der Waals surface area contributed by atoms with Crippen molar-refractivity contribution in [2.45, 2.75) is 6.92 Å². The molecule has 3 aromatic rings. The molecule has 3 rings (SSSR count). The van der Waals surface area contributed by atoms with Crippen molar-refractivity contribution in [3.8, 4) is 22.9 Å². The summed E-state index contributed by atoms with van der Waals surface area (Å²) >= 11 is 0. The van der Waals surface area contributed by atoms with Crippen molar-refractivity contribution >= 4 is 12.1 Å². The molecule has 0 unspecified atom stereocenters. The van der Waals surface area contributed by atoms with Gasteiger partial charge < -0.3 is 18.8 Å². The van der Waals surface area contributed by atoms with Gasteiger partial charge in [-0.2, -0.15) is 5.10 Å².